The van der Waals surface area contributed by atoms with Gasteiger partial charge in [0.15, 0.2) is 0 Å². The van der Waals surface area contributed by atoms with Crippen molar-refractivity contribution in [3.63, 3.8) is 0 Å². The predicted octanol–water partition coefficient (Wildman–Crippen LogP) is -0.589. The molecule has 0 aliphatic rings. The number of aromatic nitrogens is 2. The van der Waals surface area contributed by atoms with E-state index in [9.17, 15) is 4.79 Å². The van der Waals surface area contributed by atoms with E-state index in [2.05, 4.69) is 9.84 Å². The van der Waals surface area contributed by atoms with Crippen LogP contribution in [-0.2, 0) is 9.53 Å². The summed E-state index contributed by atoms with van der Waals surface area (Å²) in [6, 6.07) is -0.424. The summed E-state index contributed by atoms with van der Waals surface area (Å²) in [5.41, 5.74) is 0.533. The van der Waals surface area contributed by atoms with Gasteiger partial charge >= 0.3 is 5.97 Å². The first-order valence-electron chi connectivity index (χ1n) is 3.52. The summed E-state index contributed by atoms with van der Waals surface area (Å²) in [6.07, 6.45) is 3.07. The quantitative estimate of drug-likeness (QED) is 0.433. The summed E-state index contributed by atoms with van der Waals surface area (Å²) in [6.45, 7) is 1.69. The van der Waals surface area contributed by atoms with Crippen molar-refractivity contribution in [3.05, 3.63) is 12.4 Å². The van der Waals surface area contributed by atoms with E-state index in [0.717, 1.165) is 0 Å². The molecule has 2 radical (unpaired) electrons. The number of rotatable bonds is 2. The van der Waals surface area contributed by atoms with E-state index in [1.807, 2.05) is 0 Å². The molecule has 0 aliphatic carbocycles. The van der Waals surface area contributed by atoms with Crippen LogP contribution in [0, 0.1) is 0 Å². The molecular formula is C7H9BN2O2. The molecule has 12 heavy (non-hydrogen) atoms. The smallest absolute Gasteiger partial charge is 0.330 e. The minimum Gasteiger partial charge on any atom is -0.467 e. The van der Waals surface area contributed by atoms with Crippen LogP contribution >= 0.6 is 0 Å². The van der Waals surface area contributed by atoms with Crippen LogP contribution in [0.25, 0.3) is 0 Å². The van der Waals surface area contributed by atoms with Gasteiger partial charge in [-0.1, -0.05) is 5.46 Å². The number of carbonyl (C=O) groups is 1. The van der Waals surface area contributed by atoms with Gasteiger partial charge in [0.1, 0.15) is 13.9 Å². The fourth-order valence-electron chi connectivity index (χ4n) is 0.843. The minimum atomic E-state index is -0.424. The van der Waals surface area contributed by atoms with E-state index >= 15 is 0 Å². The Hall–Kier alpha value is -1.26. The number of nitrogens with zero attached hydrogens (tertiary/aromatic N) is 2. The van der Waals surface area contributed by atoms with E-state index in [0.29, 0.717) is 5.46 Å². The molecule has 0 saturated heterocycles. The third-order valence-electron chi connectivity index (χ3n) is 1.56. The molecule has 4 nitrogen and oxygen atoms in total. The van der Waals surface area contributed by atoms with Crippen LogP contribution in [0.3, 0.4) is 0 Å². The maximum absolute atomic E-state index is 11.0. The monoisotopic (exact) mass is 164 g/mol. The summed E-state index contributed by atoms with van der Waals surface area (Å²) in [5.74, 6) is -0.335. The second-order valence-electron chi connectivity index (χ2n) is 2.45. The third kappa shape index (κ3) is 1.67. The Bertz CT molecular complexity index is 285. The fourth-order valence-corrected chi connectivity index (χ4v) is 0.843. The highest BCUT2D eigenvalue weighted by atomic mass is 16.5. The topological polar surface area (TPSA) is 44.1 Å². The maximum atomic E-state index is 11.0. The summed E-state index contributed by atoms with van der Waals surface area (Å²) < 4.78 is 5.99. The lowest BCUT2D eigenvalue weighted by Crippen LogP contribution is -2.18. The summed E-state index contributed by atoms with van der Waals surface area (Å²) in [7, 11) is 6.76. The molecular weight excluding hydrogens is 155 g/mol. The molecule has 62 valence electrons. The Morgan fingerprint density at radius 1 is 1.83 bits per heavy atom. The first-order chi connectivity index (χ1) is 5.65. The first-order valence-corrected chi connectivity index (χ1v) is 3.52. The fraction of sp³-hybridized carbons (Fsp3) is 0.429. The highest BCUT2D eigenvalue weighted by Gasteiger charge is 2.14. The van der Waals surface area contributed by atoms with Gasteiger partial charge in [0.05, 0.1) is 7.11 Å². The molecule has 1 atom stereocenters. The summed E-state index contributed by atoms with van der Waals surface area (Å²) in [5, 5.41) is 3.88. The van der Waals surface area contributed by atoms with Gasteiger partial charge in [-0.05, 0) is 6.92 Å². The van der Waals surface area contributed by atoms with E-state index in [4.69, 9.17) is 7.85 Å². The van der Waals surface area contributed by atoms with Crippen LogP contribution in [-0.4, -0.2) is 30.7 Å². The number of esters is 1. The Labute approximate surface area is 71.9 Å². The molecule has 1 aromatic heterocycles. The van der Waals surface area contributed by atoms with Crippen molar-refractivity contribution in [2.75, 3.05) is 7.11 Å². The van der Waals surface area contributed by atoms with Crippen molar-refractivity contribution >= 4 is 19.3 Å². The predicted molar refractivity (Wildman–Crippen MR) is 44.3 cm³/mol. The lowest BCUT2D eigenvalue weighted by atomic mass is 10.0. The molecule has 0 N–H and O–H groups in total. The van der Waals surface area contributed by atoms with Crippen molar-refractivity contribution < 1.29 is 9.53 Å². The average molecular weight is 164 g/mol. The first kappa shape index (κ1) is 8.84. The lowest BCUT2D eigenvalue weighted by molar-refractivity contribution is -0.144. The molecule has 0 fully saturated rings. The normalized spacial score (nSPS) is 12.5. The highest BCUT2D eigenvalue weighted by Crippen LogP contribution is 2.03. The molecule has 5 heteroatoms. The number of carbonyl (C=O) groups excluding carboxylic acids is 1. The maximum Gasteiger partial charge on any atom is 0.330 e. The molecule has 0 saturated carbocycles. The number of ether oxygens (including phenoxy) is 1. The van der Waals surface area contributed by atoms with Gasteiger partial charge in [0.25, 0.3) is 0 Å². The van der Waals surface area contributed by atoms with E-state index in [1.54, 1.807) is 13.1 Å². The van der Waals surface area contributed by atoms with Crippen LogP contribution < -0.4 is 5.46 Å². The lowest BCUT2D eigenvalue weighted by Gasteiger charge is -2.08. The number of hydrogen-bond donors (Lipinski definition) is 0. The van der Waals surface area contributed by atoms with Crippen molar-refractivity contribution in [1.82, 2.24) is 9.78 Å². The van der Waals surface area contributed by atoms with Crippen LogP contribution in [0.2, 0.25) is 0 Å². The van der Waals surface area contributed by atoms with Crippen LogP contribution in [0.1, 0.15) is 13.0 Å². The molecule has 0 amide bonds. The molecule has 0 aromatic carbocycles. The molecule has 0 unspecified atom stereocenters. The van der Waals surface area contributed by atoms with Crippen molar-refractivity contribution in [2.45, 2.75) is 13.0 Å². The van der Waals surface area contributed by atoms with Gasteiger partial charge in [0.2, 0.25) is 0 Å². The van der Waals surface area contributed by atoms with Gasteiger partial charge in [-0.3, -0.25) is 4.68 Å². The molecule has 0 aliphatic heterocycles. The van der Waals surface area contributed by atoms with E-state index < -0.39 is 6.04 Å². The third-order valence-corrected chi connectivity index (χ3v) is 1.56. The van der Waals surface area contributed by atoms with E-state index in [1.165, 1.54) is 18.0 Å². The summed E-state index contributed by atoms with van der Waals surface area (Å²) in [4.78, 5) is 11.0. The van der Waals surface area contributed by atoms with Crippen LogP contribution in [0.5, 0.6) is 0 Å². The minimum absolute atomic E-state index is 0.335. The van der Waals surface area contributed by atoms with Crippen molar-refractivity contribution in [2.24, 2.45) is 0 Å². The molecule has 1 aromatic rings. The average Bonchev–Trinajstić information content (AvgIpc) is 2.49. The van der Waals surface area contributed by atoms with Gasteiger partial charge in [-0.15, -0.1) is 0 Å². The SMILES string of the molecule is [B]c1cnn([C@H](C)C(=O)OC)c1. The molecule has 0 spiro atoms. The highest BCUT2D eigenvalue weighted by molar-refractivity contribution is 6.31. The summed E-state index contributed by atoms with van der Waals surface area (Å²) >= 11 is 0. The zero-order valence-electron chi connectivity index (χ0n) is 7.02. The molecule has 1 heterocycles. The molecule has 1 rings (SSSR count). The zero-order chi connectivity index (χ0) is 9.14. The molecule has 0 bridgehead atoms. The number of hydrogen-bond acceptors (Lipinski definition) is 3. The van der Waals surface area contributed by atoms with Gasteiger partial charge in [0, 0.05) is 12.4 Å². The van der Waals surface area contributed by atoms with Crippen LogP contribution in [0.15, 0.2) is 12.4 Å². The standard InChI is InChI=1S/C7H9BN2O2/c1-5(7(11)12-2)10-4-6(8)3-9-10/h3-5H,1-2H3/t5-/m1/s1. The second kappa shape index (κ2) is 3.43. The van der Waals surface area contributed by atoms with Crippen molar-refractivity contribution in [1.29, 1.82) is 0 Å². The van der Waals surface area contributed by atoms with Gasteiger partial charge < -0.3 is 4.74 Å². The van der Waals surface area contributed by atoms with Gasteiger partial charge in [-0.25, -0.2) is 4.79 Å². The van der Waals surface area contributed by atoms with Gasteiger partial charge in [-0.2, -0.15) is 5.10 Å². The van der Waals surface area contributed by atoms with Crippen LogP contribution in [0.4, 0.5) is 0 Å². The Morgan fingerprint density at radius 2 is 2.50 bits per heavy atom. The Kier molecular flexibility index (Phi) is 2.52. The van der Waals surface area contributed by atoms with Crippen molar-refractivity contribution in [3.8, 4) is 0 Å². The zero-order valence-corrected chi connectivity index (χ0v) is 7.02. The second-order valence-corrected chi connectivity index (χ2v) is 2.45. The Balaban J connectivity index is 2.77. The van der Waals surface area contributed by atoms with E-state index in [-0.39, 0.29) is 5.97 Å². The number of methoxy groups -OCH3 is 1. The Morgan fingerprint density at radius 3 is 2.92 bits per heavy atom. The largest absolute Gasteiger partial charge is 0.467 e.